The maximum atomic E-state index is 11.8. The summed E-state index contributed by atoms with van der Waals surface area (Å²) in [4.78, 5) is 11.3. The van der Waals surface area contributed by atoms with E-state index in [0.29, 0.717) is 13.0 Å². The van der Waals surface area contributed by atoms with E-state index in [4.69, 9.17) is 4.74 Å². The molecule has 4 nitrogen and oxygen atoms in total. The van der Waals surface area contributed by atoms with Gasteiger partial charge in [-0.3, -0.25) is 4.79 Å². The Hall–Kier alpha value is -1.76. The van der Waals surface area contributed by atoms with Gasteiger partial charge in [0.15, 0.2) is 0 Å². The second-order valence-electron chi connectivity index (χ2n) is 4.17. The number of methoxy groups -OCH3 is 1. The molecule has 0 saturated carbocycles. The summed E-state index contributed by atoms with van der Waals surface area (Å²) in [6.07, 6.45) is -3.70. The molecule has 1 amide bonds. The van der Waals surface area contributed by atoms with Crippen LogP contribution in [0.3, 0.4) is 0 Å². The first-order valence-electron chi connectivity index (χ1n) is 6.08. The van der Waals surface area contributed by atoms with Gasteiger partial charge in [-0.15, -0.1) is 0 Å². The highest BCUT2D eigenvalue weighted by atomic mass is 19.4. The lowest BCUT2D eigenvalue weighted by atomic mass is 10.1. The molecule has 7 heteroatoms. The topological polar surface area (TPSA) is 50.4 Å². The molecule has 1 aromatic carbocycles. The zero-order valence-electron chi connectivity index (χ0n) is 11.1. The second-order valence-corrected chi connectivity index (χ2v) is 4.17. The molecule has 2 N–H and O–H groups in total. The molecule has 0 aromatic heterocycles. The number of ether oxygens (including phenoxy) is 1. The summed E-state index contributed by atoms with van der Waals surface area (Å²) < 4.78 is 40.5. The van der Waals surface area contributed by atoms with Gasteiger partial charge in [0.25, 0.3) is 0 Å². The number of hydrogen-bond donors (Lipinski definition) is 2. The first-order valence-corrected chi connectivity index (χ1v) is 6.08. The summed E-state index contributed by atoms with van der Waals surface area (Å²) >= 11 is 0. The minimum absolute atomic E-state index is 0.345. The standard InChI is InChI=1S/C13H17F3N2O2/c1-20-11-4-2-10(3-5-11)6-7-18-12(19)8-17-9-13(14,15)16/h2-5,17H,6-9H2,1H3,(H,18,19). The fraction of sp³-hybridized carbons (Fsp3) is 0.462. The largest absolute Gasteiger partial charge is 0.497 e. The van der Waals surface area contributed by atoms with Gasteiger partial charge in [0.05, 0.1) is 20.2 Å². The van der Waals surface area contributed by atoms with E-state index < -0.39 is 18.6 Å². The molecule has 0 aliphatic rings. The lowest BCUT2D eigenvalue weighted by Crippen LogP contribution is -2.38. The molecule has 0 aliphatic carbocycles. The molecule has 0 bridgehead atoms. The van der Waals surface area contributed by atoms with Crippen LogP contribution in [0.15, 0.2) is 24.3 Å². The number of carbonyl (C=O) groups is 1. The van der Waals surface area contributed by atoms with E-state index in [1.54, 1.807) is 7.11 Å². The van der Waals surface area contributed by atoms with Gasteiger partial charge in [-0.05, 0) is 24.1 Å². The first-order chi connectivity index (χ1) is 9.40. The summed E-state index contributed by atoms with van der Waals surface area (Å²) in [5.74, 6) is 0.289. The predicted octanol–water partition coefficient (Wildman–Crippen LogP) is 1.51. The monoisotopic (exact) mass is 290 g/mol. The van der Waals surface area contributed by atoms with Crippen molar-refractivity contribution in [2.45, 2.75) is 12.6 Å². The minimum Gasteiger partial charge on any atom is -0.497 e. The number of nitrogens with one attached hydrogen (secondary N) is 2. The fourth-order valence-corrected chi connectivity index (χ4v) is 1.52. The Balaban J connectivity index is 2.18. The molecule has 0 heterocycles. The molecule has 0 unspecified atom stereocenters. The number of alkyl halides is 3. The Kier molecular flexibility index (Phi) is 6.30. The van der Waals surface area contributed by atoms with E-state index in [9.17, 15) is 18.0 Å². The Morgan fingerprint density at radius 2 is 1.90 bits per heavy atom. The predicted molar refractivity (Wildman–Crippen MR) is 68.6 cm³/mol. The Bertz CT molecular complexity index is 419. The van der Waals surface area contributed by atoms with Crippen LogP contribution in [0.25, 0.3) is 0 Å². The van der Waals surface area contributed by atoms with Crippen molar-refractivity contribution in [3.8, 4) is 5.75 Å². The van der Waals surface area contributed by atoms with E-state index in [1.807, 2.05) is 29.6 Å². The number of halogens is 3. The molecule has 1 rings (SSSR count). The number of benzene rings is 1. The van der Waals surface area contributed by atoms with Crippen LogP contribution in [-0.4, -0.2) is 38.8 Å². The molecule has 0 saturated heterocycles. The van der Waals surface area contributed by atoms with Crippen molar-refractivity contribution in [2.75, 3.05) is 26.7 Å². The number of hydrogen-bond acceptors (Lipinski definition) is 3. The molecule has 0 aliphatic heterocycles. The van der Waals surface area contributed by atoms with Gasteiger partial charge in [-0.25, -0.2) is 0 Å². The third-order valence-electron chi connectivity index (χ3n) is 2.51. The molecule has 1 aromatic rings. The zero-order chi connectivity index (χ0) is 15.0. The van der Waals surface area contributed by atoms with Gasteiger partial charge < -0.3 is 15.4 Å². The Labute approximate surface area is 115 Å². The Morgan fingerprint density at radius 3 is 2.45 bits per heavy atom. The maximum absolute atomic E-state index is 11.8. The molecule has 0 spiro atoms. The third kappa shape index (κ3) is 6.98. The first kappa shape index (κ1) is 16.3. The van der Waals surface area contributed by atoms with Crippen LogP contribution in [-0.2, 0) is 11.2 Å². The summed E-state index contributed by atoms with van der Waals surface area (Å²) in [6, 6.07) is 7.35. The highest BCUT2D eigenvalue weighted by Gasteiger charge is 2.26. The lowest BCUT2D eigenvalue weighted by molar-refractivity contribution is -0.128. The zero-order valence-corrected chi connectivity index (χ0v) is 11.1. The minimum atomic E-state index is -4.30. The van der Waals surface area contributed by atoms with Crippen molar-refractivity contribution in [3.05, 3.63) is 29.8 Å². The molecule has 112 valence electrons. The van der Waals surface area contributed by atoms with Gasteiger partial charge >= 0.3 is 6.18 Å². The van der Waals surface area contributed by atoms with Gasteiger partial charge in [0.1, 0.15) is 5.75 Å². The fourth-order valence-electron chi connectivity index (χ4n) is 1.52. The van der Waals surface area contributed by atoms with Gasteiger partial charge in [0.2, 0.25) is 5.91 Å². The van der Waals surface area contributed by atoms with E-state index in [-0.39, 0.29) is 6.54 Å². The highest BCUT2D eigenvalue weighted by molar-refractivity contribution is 5.77. The molecule has 0 radical (unpaired) electrons. The van der Waals surface area contributed by atoms with E-state index in [0.717, 1.165) is 11.3 Å². The van der Waals surface area contributed by atoms with Crippen LogP contribution in [0.4, 0.5) is 13.2 Å². The molecular weight excluding hydrogens is 273 g/mol. The average Bonchev–Trinajstić information content (AvgIpc) is 2.38. The van der Waals surface area contributed by atoms with Crippen molar-refractivity contribution in [3.63, 3.8) is 0 Å². The number of rotatable bonds is 7. The average molecular weight is 290 g/mol. The molecule has 20 heavy (non-hydrogen) atoms. The van der Waals surface area contributed by atoms with Crippen molar-refractivity contribution in [1.82, 2.24) is 10.6 Å². The number of carbonyl (C=O) groups excluding carboxylic acids is 1. The maximum Gasteiger partial charge on any atom is 0.401 e. The van der Waals surface area contributed by atoms with Crippen LogP contribution in [0.1, 0.15) is 5.56 Å². The van der Waals surface area contributed by atoms with Crippen LogP contribution in [0.5, 0.6) is 5.75 Å². The van der Waals surface area contributed by atoms with Crippen LogP contribution in [0, 0.1) is 0 Å². The van der Waals surface area contributed by atoms with E-state index >= 15 is 0 Å². The molecule has 0 fully saturated rings. The SMILES string of the molecule is COc1ccc(CCNC(=O)CNCC(F)(F)F)cc1. The third-order valence-corrected chi connectivity index (χ3v) is 2.51. The van der Waals surface area contributed by atoms with Crippen molar-refractivity contribution in [2.24, 2.45) is 0 Å². The van der Waals surface area contributed by atoms with Crippen molar-refractivity contribution in [1.29, 1.82) is 0 Å². The van der Waals surface area contributed by atoms with E-state index in [1.165, 1.54) is 0 Å². The highest BCUT2D eigenvalue weighted by Crippen LogP contribution is 2.12. The molecular formula is C13H17F3N2O2. The summed E-state index contributed by atoms with van der Waals surface area (Å²) in [6.45, 7) is -1.14. The smallest absolute Gasteiger partial charge is 0.401 e. The van der Waals surface area contributed by atoms with Crippen molar-refractivity contribution < 1.29 is 22.7 Å². The van der Waals surface area contributed by atoms with Crippen molar-refractivity contribution >= 4 is 5.91 Å². The quantitative estimate of drug-likeness (QED) is 0.800. The van der Waals surface area contributed by atoms with E-state index in [2.05, 4.69) is 5.32 Å². The van der Waals surface area contributed by atoms with Gasteiger partial charge in [-0.2, -0.15) is 13.2 Å². The second kappa shape index (κ2) is 7.74. The van der Waals surface area contributed by atoms with Crippen LogP contribution >= 0.6 is 0 Å². The normalized spacial score (nSPS) is 11.2. The molecule has 0 atom stereocenters. The summed E-state index contributed by atoms with van der Waals surface area (Å²) in [5.41, 5.74) is 1.01. The summed E-state index contributed by atoms with van der Waals surface area (Å²) in [7, 11) is 1.57. The van der Waals surface area contributed by atoms with Gasteiger partial charge in [-0.1, -0.05) is 12.1 Å². The lowest BCUT2D eigenvalue weighted by Gasteiger charge is -2.09. The van der Waals surface area contributed by atoms with Crippen LogP contribution < -0.4 is 15.4 Å². The van der Waals surface area contributed by atoms with Crippen LogP contribution in [0.2, 0.25) is 0 Å². The Morgan fingerprint density at radius 1 is 1.25 bits per heavy atom. The number of amides is 1. The summed E-state index contributed by atoms with van der Waals surface area (Å²) in [5, 5.41) is 4.58. The van der Waals surface area contributed by atoms with Gasteiger partial charge in [0, 0.05) is 6.54 Å².